The summed E-state index contributed by atoms with van der Waals surface area (Å²) in [7, 11) is 3.98. The maximum atomic E-state index is 12.7. The highest BCUT2D eigenvalue weighted by atomic mass is 16.5. The SMILES string of the molecule is CC(C)c1cccc(N2CC(c3noc(-c4cccc(N(C)C)c4)n3)CC2=O)c1. The summed E-state index contributed by atoms with van der Waals surface area (Å²) in [5.74, 6) is 1.51. The molecule has 0 spiro atoms. The van der Waals surface area contributed by atoms with Crippen molar-refractivity contribution in [3.8, 4) is 11.5 Å². The van der Waals surface area contributed by atoms with Gasteiger partial charge >= 0.3 is 0 Å². The summed E-state index contributed by atoms with van der Waals surface area (Å²) in [6, 6.07) is 16.2. The fourth-order valence-electron chi connectivity index (χ4n) is 3.62. The van der Waals surface area contributed by atoms with E-state index in [4.69, 9.17) is 4.52 Å². The lowest BCUT2D eigenvalue weighted by Gasteiger charge is -2.18. The molecule has 0 saturated carbocycles. The Balaban J connectivity index is 1.55. The number of rotatable bonds is 5. The summed E-state index contributed by atoms with van der Waals surface area (Å²) in [5, 5.41) is 4.18. The van der Waals surface area contributed by atoms with Crippen molar-refractivity contribution in [2.24, 2.45) is 0 Å². The number of amides is 1. The zero-order valence-corrected chi connectivity index (χ0v) is 17.3. The van der Waals surface area contributed by atoms with Gasteiger partial charge in [-0.1, -0.05) is 37.2 Å². The van der Waals surface area contributed by atoms with Crippen LogP contribution in [0.15, 0.2) is 53.1 Å². The van der Waals surface area contributed by atoms with Crippen LogP contribution in [0, 0.1) is 0 Å². The summed E-state index contributed by atoms with van der Waals surface area (Å²) >= 11 is 0. The van der Waals surface area contributed by atoms with Gasteiger partial charge in [-0.05, 0) is 41.8 Å². The summed E-state index contributed by atoms with van der Waals surface area (Å²) < 4.78 is 5.52. The Labute approximate surface area is 171 Å². The van der Waals surface area contributed by atoms with Gasteiger partial charge in [-0.25, -0.2) is 0 Å². The van der Waals surface area contributed by atoms with Crippen LogP contribution in [0.4, 0.5) is 11.4 Å². The molecule has 2 aromatic carbocycles. The fourth-order valence-corrected chi connectivity index (χ4v) is 3.62. The topological polar surface area (TPSA) is 62.5 Å². The van der Waals surface area contributed by atoms with Crippen molar-refractivity contribution in [2.45, 2.75) is 32.1 Å². The molecule has 1 aliphatic heterocycles. The van der Waals surface area contributed by atoms with Crippen molar-refractivity contribution in [2.75, 3.05) is 30.4 Å². The van der Waals surface area contributed by atoms with Gasteiger partial charge in [0.2, 0.25) is 5.91 Å². The summed E-state index contributed by atoms with van der Waals surface area (Å²) in [5.41, 5.74) is 4.10. The minimum atomic E-state index is -0.0697. The highest BCUT2D eigenvalue weighted by Crippen LogP contribution is 2.33. The second-order valence-electron chi connectivity index (χ2n) is 8.06. The number of benzene rings is 2. The van der Waals surface area contributed by atoms with E-state index in [1.54, 1.807) is 0 Å². The Hall–Kier alpha value is -3.15. The molecule has 29 heavy (non-hydrogen) atoms. The summed E-state index contributed by atoms with van der Waals surface area (Å²) in [4.78, 5) is 21.1. The van der Waals surface area contributed by atoms with Gasteiger partial charge in [0.15, 0.2) is 5.82 Å². The van der Waals surface area contributed by atoms with Crippen LogP contribution in [0.1, 0.15) is 43.5 Å². The molecular formula is C23H26N4O2. The van der Waals surface area contributed by atoms with E-state index in [9.17, 15) is 4.79 Å². The van der Waals surface area contributed by atoms with Crippen LogP contribution in [-0.2, 0) is 4.79 Å². The van der Waals surface area contributed by atoms with Gasteiger partial charge in [0.25, 0.3) is 5.89 Å². The summed E-state index contributed by atoms with van der Waals surface area (Å²) in [6.45, 7) is 4.87. The minimum absolute atomic E-state index is 0.0697. The van der Waals surface area contributed by atoms with Crippen LogP contribution >= 0.6 is 0 Å². The molecule has 1 atom stereocenters. The lowest BCUT2D eigenvalue weighted by atomic mass is 10.0. The normalized spacial score (nSPS) is 16.7. The van der Waals surface area contributed by atoms with Crippen LogP contribution in [0.25, 0.3) is 11.5 Å². The smallest absolute Gasteiger partial charge is 0.258 e. The Kier molecular flexibility index (Phi) is 5.09. The van der Waals surface area contributed by atoms with Crippen molar-refractivity contribution in [1.29, 1.82) is 0 Å². The molecule has 0 N–H and O–H groups in total. The third-order valence-electron chi connectivity index (χ3n) is 5.39. The maximum absolute atomic E-state index is 12.7. The number of nitrogens with zero attached hydrogens (tertiary/aromatic N) is 4. The molecule has 0 radical (unpaired) electrons. The number of hydrogen-bond acceptors (Lipinski definition) is 5. The standard InChI is InChI=1S/C23H26N4O2/c1-15(2)16-7-5-10-20(11-16)27-14-18(13-21(27)28)22-24-23(29-25-22)17-8-6-9-19(12-17)26(3)4/h5-12,15,18H,13-14H2,1-4H3. The number of carbonyl (C=O) groups excluding carboxylic acids is 1. The van der Waals surface area contributed by atoms with Crippen molar-refractivity contribution in [3.05, 3.63) is 59.9 Å². The van der Waals surface area contributed by atoms with Gasteiger partial charge in [-0.3, -0.25) is 4.79 Å². The van der Waals surface area contributed by atoms with E-state index < -0.39 is 0 Å². The molecule has 0 aliphatic carbocycles. The van der Waals surface area contributed by atoms with Gasteiger partial charge < -0.3 is 14.3 Å². The van der Waals surface area contributed by atoms with Gasteiger partial charge in [-0.2, -0.15) is 4.98 Å². The number of anilines is 2. The Morgan fingerprint density at radius 3 is 2.69 bits per heavy atom. The van der Waals surface area contributed by atoms with Crippen molar-refractivity contribution < 1.29 is 9.32 Å². The van der Waals surface area contributed by atoms with Gasteiger partial charge in [0.1, 0.15) is 0 Å². The second-order valence-corrected chi connectivity index (χ2v) is 8.06. The van der Waals surface area contributed by atoms with E-state index in [0.29, 0.717) is 30.6 Å². The first kappa shape index (κ1) is 19.2. The molecule has 4 rings (SSSR count). The maximum Gasteiger partial charge on any atom is 0.258 e. The van der Waals surface area contributed by atoms with Crippen LogP contribution in [0.5, 0.6) is 0 Å². The molecule has 3 aromatic rings. The number of aromatic nitrogens is 2. The largest absolute Gasteiger partial charge is 0.378 e. The van der Waals surface area contributed by atoms with Crippen LogP contribution < -0.4 is 9.80 Å². The first-order chi connectivity index (χ1) is 13.9. The Morgan fingerprint density at radius 2 is 1.93 bits per heavy atom. The predicted molar refractivity (Wildman–Crippen MR) is 114 cm³/mol. The van der Waals surface area contributed by atoms with Crippen LogP contribution in [0.3, 0.4) is 0 Å². The average Bonchev–Trinajstić information content (AvgIpc) is 3.35. The molecule has 1 fully saturated rings. The molecule has 1 saturated heterocycles. The molecule has 0 bridgehead atoms. The second kappa shape index (κ2) is 7.70. The third-order valence-corrected chi connectivity index (χ3v) is 5.39. The van der Waals surface area contributed by atoms with Gasteiger partial charge in [0, 0.05) is 49.9 Å². The lowest BCUT2D eigenvalue weighted by molar-refractivity contribution is -0.117. The third kappa shape index (κ3) is 3.88. The van der Waals surface area contributed by atoms with E-state index in [1.165, 1.54) is 5.56 Å². The van der Waals surface area contributed by atoms with Gasteiger partial charge in [0.05, 0.1) is 0 Å². The molecule has 1 aromatic heterocycles. The molecule has 2 heterocycles. The Bertz CT molecular complexity index is 1020. The molecule has 6 heteroatoms. The van der Waals surface area contributed by atoms with E-state index in [1.807, 2.05) is 60.3 Å². The zero-order valence-electron chi connectivity index (χ0n) is 17.3. The first-order valence-corrected chi connectivity index (χ1v) is 9.94. The van der Waals surface area contributed by atoms with Gasteiger partial charge in [-0.15, -0.1) is 0 Å². The van der Waals surface area contributed by atoms with Crippen molar-refractivity contribution in [1.82, 2.24) is 10.1 Å². The molecule has 6 nitrogen and oxygen atoms in total. The summed E-state index contributed by atoms with van der Waals surface area (Å²) in [6.07, 6.45) is 0.391. The Morgan fingerprint density at radius 1 is 1.14 bits per heavy atom. The molecule has 1 amide bonds. The van der Waals surface area contributed by atoms with Crippen LogP contribution in [-0.4, -0.2) is 36.7 Å². The zero-order chi connectivity index (χ0) is 20.5. The lowest BCUT2D eigenvalue weighted by Crippen LogP contribution is -2.24. The van der Waals surface area contributed by atoms with E-state index in [0.717, 1.165) is 16.9 Å². The monoisotopic (exact) mass is 390 g/mol. The highest BCUT2D eigenvalue weighted by molar-refractivity contribution is 5.96. The molecular weight excluding hydrogens is 364 g/mol. The van der Waals surface area contributed by atoms with Crippen LogP contribution in [0.2, 0.25) is 0 Å². The van der Waals surface area contributed by atoms with E-state index >= 15 is 0 Å². The number of carbonyl (C=O) groups is 1. The highest BCUT2D eigenvalue weighted by Gasteiger charge is 2.34. The van der Waals surface area contributed by atoms with Crippen molar-refractivity contribution in [3.63, 3.8) is 0 Å². The van der Waals surface area contributed by atoms with E-state index in [2.05, 4.69) is 36.1 Å². The molecule has 1 unspecified atom stereocenters. The quantitative estimate of drug-likeness (QED) is 0.644. The average molecular weight is 390 g/mol. The minimum Gasteiger partial charge on any atom is -0.378 e. The van der Waals surface area contributed by atoms with E-state index in [-0.39, 0.29) is 11.8 Å². The molecule has 150 valence electrons. The van der Waals surface area contributed by atoms with Crippen molar-refractivity contribution >= 4 is 17.3 Å². The first-order valence-electron chi connectivity index (χ1n) is 9.94. The molecule has 1 aliphatic rings. The predicted octanol–water partition coefficient (Wildman–Crippen LogP) is 4.45. The number of hydrogen-bond donors (Lipinski definition) is 0. The fraction of sp³-hybridized carbons (Fsp3) is 0.348.